The summed E-state index contributed by atoms with van der Waals surface area (Å²) >= 11 is 0. The third-order valence-electron chi connectivity index (χ3n) is 4.56. The summed E-state index contributed by atoms with van der Waals surface area (Å²) in [6.45, 7) is 4.85. The molecule has 0 saturated carbocycles. The highest BCUT2D eigenvalue weighted by molar-refractivity contribution is 7.89. The highest BCUT2D eigenvalue weighted by Crippen LogP contribution is 2.19. The van der Waals surface area contributed by atoms with Crippen molar-refractivity contribution in [1.29, 1.82) is 0 Å². The molecule has 0 spiro atoms. The van der Waals surface area contributed by atoms with E-state index in [2.05, 4.69) is 5.32 Å². The molecule has 10 heteroatoms. The molecular weight excluding hydrogens is 422 g/mol. The predicted molar refractivity (Wildman–Crippen MR) is 115 cm³/mol. The van der Waals surface area contributed by atoms with Crippen molar-refractivity contribution in [3.8, 4) is 0 Å². The van der Waals surface area contributed by atoms with E-state index in [-0.39, 0.29) is 22.1 Å². The summed E-state index contributed by atoms with van der Waals surface area (Å²) in [6, 6.07) is 11.1. The summed E-state index contributed by atoms with van der Waals surface area (Å²) in [5.74, 6) is -2.02. The number of ether oxygens (including phenoxy) is 1. The number of amides is 2. The van der Waals surface area contributed by atoms with Crippen LogP contribution in [0.5, 0.6) is 0 Å². The number of primary amides is 1. The molecule has 0 fully saturated rings. The lowest BCUT2D eigenvalue weighted by Gasteiger charge is -2.21. The van der Waals surface area contributed by atoms with Gasteiger partial charge >= 0.3 is 5.97 Å². The van der Waals surface area contributed by atoms with Gasteiger partial charge in [0.25, 0.3) is 5.91 Å². The van der Waals surface area contributed by atoms with Gasteiger partial charge in [-0.25, -0.2) is 13.2 Å². The monoisotopic (exact) mass is 447 g/mol. The van der Waals surface area contributed by atoms with Crippen molar-refractivity contribution < 1.29 is 27.5 Å². The lowest BCUT2D eigenvalue weighted by Crippen LogP contribution is -2.33. The van der Waals surface area contributed by atoms with Crippen LogP contribution in [-0.4, -0.2) is 49.7 Å². The van der Waals surface area contributed by atoms with Crippen molar-refractivity contribution in [2.45, 2.75) is 37.8 Å². The molecular formula is C21H25N3O6S. The molecule has 0 heterocycles. The van der Waals surface area contributed by atoms with E-state index in [1.165, 1.54) is 66.8 Å². The molecule has 2 aromatic carbocycles. The fourth-order valence-corrected chi connectivity index (χ4v) is 3.89. The number of sulfonamides is 1. The fourth-order valence-electron chi connectivity index (χ4n) is 2.47. The van der Waals surface area contributed by atoms with Crippen molar-refractivity contribution >= 4 is 33.5 Å². The van der Waals surface area contributed by atoms with Gasteiger partial charge in [0.2, 0.25) is 15.9 Å². The SMILES string of the molecule is CC(OC(=O)c1cccc(S(=O)(=O)N(C)C(C)C)c1)C(=O)Nc1ccc(C(N)=O)cc1. The van der Waals surface area contributed by atoms with Crippen LogP contribution < -0.4 is 11.1 Å². The van der Waals surface area contributed by atoms with Crippen LogP contribution in [0.4, 0.5) is 5.69 Å². The maximum Gasteiger partial charge on any atom is 0.338 e. The van der Waals surface area contributed by atoms with Gasteiger partial charge in [-0.3, -0.25) is 9.59 Å². The van der Waals surface area contributed by atoms with E-state index in [0.29, 0.717) is 5.69 Å². The minimum absolute atomic E-state index is 0.00342. The van der Waals surface area contributed by atoms with Crippen molar-refractivity contribution in [1.82, 2.24) is 4.31 Å². The minimum Gasteiger partial charge on any atom is -0.449 e. The normalized spacial score (nSPS) is 12.5. The predicted octanol–water partition coefficient (Wildman–Crippen LogP) is 2.00. The molecule has 0 aliphatic rings. The molecule has 0 aromatic heterocycles. The zero-order valence-corrected chi connectivity index (χ0v) is 18.5. The molecule has 2 amide bonds. The molecule has 0 aliphatic heterocycles. The first kappa shape index (κ1) is 24.0. The van der Waals surface area contributed by atoms with Crippen LogP contribution >= 0.6 is 0 Å². The van der Waals surface area contributed by atoms with Crippen molar-refractivity contribution in [2.24, 2.45) is 5.73 Å². The Kier molecular flexibility index (Phi) is 7.53. The maximum atomic E-state index is 12.6. The highest BCUT2D eigenvalue weighted by atomic mass is 32.2. The van der Waals surface area contributed by atoms with Crippen LogP contribution in [0.25, 0.3) is 0 Å². The number of nitrogens with one attached hydrogen (secondary N) is 1. The average Bonchev–Trinajstić information content (AvgIpc) is 2.73. The molecule has 1 atom stereocenters. The Bertz CT molecular complexity index is 1080. The van der Waals surface area contributed by atoms with Crippen LogP contribution in [0.2, 0.25) is 0 Å². The van der Waals surface area contributed by atoms with E-state index in [1.807, 2.05) is 0 Å². The summed E-state index contributed by atoms with van der Waals surface area (Å²) in [4.78, 5) is 35.8. The number of anilines is 1. The van der Waals surface area contributed by atoms with E-state index in [9.17, 15) is 22.8 Å². The second-order valence-electron chi connectivity index (χ2n) is 7.12. The molecule has 9 nitrogen and oxygen atoms in total. The van der Waals surface area contributed by atoms with Gasteiger partial charge in [0, 0.05) is 24.3 Å². The summed E-state index contributed by atoms with van der Waals surface area (Å²) in [5.41, 5.74) is 5.85. The zero-order valence-electron chi connectivity index (χ0n) is 17.7. The van der Waals surface area contributed by atoms with Crippen LogP contribution in [-0.2, 0) is 19.6 Å². The maximum absolute atomic E-state index is 12.6. The van der Waals surface area contributed by atoms with E-state index in [4.69, 9.17) is 10.5 Å². The first-order valence-electron chi connectivity index (χ1n) is 9.43. The number of carbonyl (C=O) groups is 3. The Labute approximate surface area is 181 Å². The summed E-state index contributed by atoms with van der Waals surface area (Å²) in [6.07, 6.45) is -1.15. The van der Waals surface area contributed by atoms with Gasteiger partial charge in [0.1, 0.15) is 0 Å². The number of nitrogens with two attached hydrogens (primary N) is 1. The van der Waals surface area contributed by atoms with E-state index >= 15 is 0 Å². The van der Waals surface area contributed by atoms with Crippen LogP contribution in [0, 0.1) is 0 Å². The lowest BCUT2D eigenvalue weighted by molar-refractivity contribution is -0.123. The Morgan fingerprint density at radius 2 is 1.61 bits per heavy atom. The minimum atomic E-state index is -3.78. The second kappa shape index (κ2) is 9.71. The Morgan fingerprint density at radius 3 is 2.16 bits per heavy atom. The molecule has 166 valence electrons. The largest absolute Gasteiger partial charge is 0.449 e. The third-order valence-corrected chi connectivity index (χ3v) is 6.59. The number of rotatable bonds is 8. The third kappa shape index (κ3) is 5.89. The van der Waals surface area contributed by atoms with Crippen molar-refractivity contribution in [2.75, 3.05) is 12.4 Å². The molecule has 0 radical (unpaired) electrons. The first-order valence-corrected chi connectivity index (χ1v) is 10.9. The molecule has 31 heavy (non-hydrogen) atoms. The summed E-state index contributed by atoms with van der Waals surface area (Å²) in [5, 5.41) is 2.56. The molecule has 0 bridgehead atoms. The number of hydrogen-bond acceptors (Lipinski definition) is 6. The molecule has 1 unspecified atom stereocenters. The molecule has 0 saturated heterocycles. The van der Waals surface area contributed by atoms with Gasteiger partial charge in [-0.15, -0.1) is 0 Å². The van der Waals surface area contributed by atoms with Crippen LogP contribution in [0.15, 0.2) is 53.4 Å². The molecule has 2 aromatic rings. The topological polar surface area (TPSA) is 136 Å². The van der Waals surface area contributed by atoms with Crippen molar-refractivity contribution in [3.63, 3.8) is 0 Å². The number of hydrogen-bond donors (Lipinski definition) is 2. The zero-order chi connectivity index (χ0) is 23.3. The van der Waals surface area contributed by atoms with E-state index in [1.54, 1.807) is 13.8 Å². The quantitative estimate of drug-likeness (QED) is 0.594. The Balaban J connectivity index is 2.09. The first-order chi connectivity index (χ1) is 14.4. The number of nitrogens with zero attached hydrogens (tertiary/aromatic N) is 1. The smallest absolute Gasteiger partial charge is 0.338 e. The molecule has 0 aliphatic carbocycles. The van der Waals surface area contributed by atoms with Crippen LogP contribution in [0.1, 0.15) is 41.5 Å². The summed E-state index contributed by atoms with van der Waals surface area (Å²) < 4.78 is 31.6. The molecule has 3 N–H and O–H groups in total. The number of esters is 1. The van der Waals surface area contributed by atoms with Gasteiger partial charge in [0.15, 0.2) is 6.10 Å². The highest BCUT2D eigenvalue weighted by Gasteiger charge is 2.25. The average molecular weight is 448 g/mol. The van der Waals surface area contributed by atoms with Crippen molar-refractivity contribution in [3.05, 3.63) is 59.7 Å². The lowest BCUT2D eigenvalue weighted by atomic mass is 10.2. The van der Waals surface area contributed by atoms with Gasteiger partial charge in [-0.2, -0.15) is 4.31 Å². The Morgan fingerprint density at radius 1 is 1.00 bits per heavy atom. The van der Waals surface area contributed by atoms with Gasteiger partial charge < -0.3 is 15.8 Å². The number of carbonyl (C=O) groups excluding carboxylic acids is 3. The van der Waals surface area contributed by atoms with Gasteiger partial charge in [-0.05, 0) is 63.2 Å². The Hall–Kier alpha value is -3.24. The fraction of sp³-hybridized carbons (Fsp3) is 0.286. The van der Waals surface area contributed by atoms with E-state index < -0.39 is 33.9 Å². The number of benzene rings is 2. The molecule has 2 rings (SSSR count). The second-order valence-corrected chi connectivity index (χ2v) is 9.12. The van der Waals surface area contributed by atoms with Gasteiger partial charge in [-0.1, -0.05) is 6.07 Å². The summed E-state index contributed by atoms with van der Waals surface area (Å²) in [7, 11) is -2.32. The van der Waals surface area contributed by atoms with Gasteiger partial charge in [0.05, 0.1) is 10.5 Å². The van der Waals surface area contributed by atoms with Crippen LogP contribution in [0.3, 0.4) is 0 Å². The standard InChI is InChI=1S/C21H25N3O6S/c1-13(2)24(4)31(28,29)18-7-5-6-16(12-18)21(27)30-14(3)20(26)23-17-10-8-15(9-11-17)19(22)25/h5-14H,1-4H3,(H2,22,25)(H,23,26). The van der Waals surface area contributed by atoms with E-state index in [0.717, 1.165) is 0 Å².